The van der Waals surface area contributed by atoms with E-state index >= 15 is 0 Å². The van der Waals surface area contributed by atoms with Gasteiger partial charge < -0.3 is 15.5 Å². The molecular weight excluding hydrogens is 274 g/mol. The maximum absolute atomic E-state index is 9.31. The molecule has 0 amide bonds. The van der Waals surface area contributed by atoms with Gasteiger partial charge in [0.05, 0.1) is 11.3 Å². The fourth-order valence-electron chi connectivity index (χ4n) is 3.58. The Morgan fingerprint density at radius 1 is 1.09 bits per heavy atom. The second kappa shape index (κ2) is 6.55. The molecule has 0 unspecified atom stereocenters. The minimum absolute atomic E-state index is 0.660. The van der Waals surface area contributed by atoms with E-state index in [1.54, 1.807) is 6.07 Å². The predicted molar refractivity (Wildman–Crippen MR) is 89.9 cm³/mol. The Bertz CT molecular complexity index is 549. The molecule has 0 aliphatic carbocycles. The molecule has 2 N–H and O–H groups in total. The van der Waals surface area contributed by atoms with Crippen molar-refractivity contribution in [3.63, 3.8) is 0 Å². The number of hydrogen-bond acceptors (Lipinski definition) is 5. The van der Waals surface area contributed by atoms with E-state index in [1.165, 1.54) is 39.0 Å². The largest absolute Gasteiger partial charge is 0.399 e. The summed E-state index contributed by atoms with van der Waals surface area (Å²) in [7, 11) is 2.20. The predicted octanol–water partition coefficient (Wildman–Crippen LogP) is 1.36. The highest BCUT2D eigenvalue weighted by molar-refractivity contribution is 5.64. The van der Waals surface area contributed by atoms with E-state index in [0.29, 0.717) is 17.3 Å². The smallest absolute Gasteiger partial charge is 0.101 e. The fourth-order valence-corrected chi connectivity index (χ4v) is 3.58. The summed E-state index contributed by atoms with van der Waals surface area (Å²) in [5.74, 6) is 0. The van der Waals surface area contributed by atoms with Gasteiger partial charge in [0.2, 0.25) is 0 Å². The zero-order valence-corrected chi connectivity index (χ0v) is 13.3. The molecule has 5 heteroatoms. The number of nitrogens with two attached hydrogens (primary N) is 1. The highest BCUT2D eigenvalue weighted by Crippen LogP contribution is 2.27. The first-order chi connectivity index (χ1) is 10.7. The second-order valence-corrected chi connectivity index (χ2v) is 6.45. The number of rotatable bonds is 2. The van der Waals surface area contributed by atoms with Crippen LogP contribution in [0.2, 0.25) is 0 Å². The maximum atomic E-state index is 9.31. The summed E-state index contributed by atoms with van der Waals surface area (Å²) >= 11 is 0. The molecule has 0 spiro atoms. The maximum Gasteiger partial charge on any atom is 0.101 e. The average Bonchev–Trinajstić information content (AvgIpc) is 2.56. The van der Waals surface area contributed by atoms with E-state index in [1.807, 2.05) is 12.1 Å². The molecule has 22 heavy (non-hydrogen) atoms. The zero-order chi connectivity index (χ0) is 15.5. The van der Waals surface area contributed by atoms with Gasteiger partial charge in [0, 0.05) is 51.0 Å². The van der Waals surface area contributed by atoms with Gasteiger partial charge in [-0.1, -0.05) is 0 Å². The quantitative estimate of drug-likeness (QED) is 0.836. The van der Waals surface area contributed by atoms with Crippen LogP contribution in [0, 0.1) is 11.3 Å². The molecule has 118 valence electrons. The monoisotopic (exact) mass is 299 g/mol. The number of hydrogen-bond donors (Lipinski definition) is 1. The van der Waals surface area contributed by atoms with E-state index in [9.17, 15) is 5.26 Å². The number of anilines is 2. The molecule has 2 fully saturated rings. The lowest BCUT2D eigenvalue weighted by molar-refractivity contribution is 0.0982. The minimum atomic E-state index is 0.660. The molecule has 0 saturated carbocycles. The van der Waals surface area contributed by atoms with Crippen molar-refractivity contribution in [2.24, 2.45) is 0 Å². The Balaban J connectivity index is 1.61. The highest BCUT2D eigenvalue weighted by Gasteiger charge is 2.27. The molecular formula is C17H25N5. The van der Waals surface area contributed by atoms with Crippen LogP contribution in [0.4, 0.5) is 11.4 Å². The van der Waals surface area contributed by atoms with Crippen LogP contribution in [0.3, 0.4) is 0 Å². The molecule has 0 radical (unpaired) electrons. The molecule has 0 aromatic heterocycles. The van der Waals surface area contributed by atoms with Crippen molar-refractivity contribution in [1.29, 1.82) is 5.26 Å². The normalized spacial score (nSPS) is 21.7. The first kappa shape index (κ1) is 15.1. The van der Waals surface area contributed by atoms with Gasteiger partial charge in [0.25, 0.3) is 0 Å². The number of nitrogen functional groups attached to an aromatic ring is 1. The molecule has 1 aromatic carbocycles. The van der Waals surface area contributed by atoms with Crippen LogP contribution in [0.25, 0.3) is 0 Å². The van der Waals surface area contributed by atoms with Crippen LogP contribution in [0.15, 0.2) is 18.2 Å². The van der Waals surface area contributed by atoms with Gasteiger partial charge in [-0.15, -0.1) is 0 Å². The molecule has 2 aliphatic heterocycles. The van der Waals surface area contributed by atoms with Gasteiger partial charge in [0.1, 0.15) is 6.07 Å². The summed E-state index contributed by atoms with van der Waals surface area (Å²) in [5, 5.41) is 9.31. The summed E-state index contributed by atoms with van der Waals surface area (Å²) in [6.07, 6.45) is 2.36. The lowest BCUT2D eigenvalue weighted by Gasteiger charge is -2.42. The Hall–Kier alpha value is -1.77. The third-order valence-corrected chi connectivity index (χ3v) is 5.00. The molecule has 5 nitrogen and oxygen atoms in total. The van der Waals surface area contributed by atoms with Crippen LogP contribution in [-0.2, 0) is 0 Å². The molecule has 0 bridgehead atoms. The molecule has 2 heterocycles. The highest BCUT2D eigenvalue weighted by atomic mass is 15.3. The Morgan fingerprint density at radius 2 is 1.77 bits per heavy atom. The standard InChI is InChI=1S/C17H25N5/c1-20-8-10-21(11-9-20)16-4-6-22(7-5-16)17-3-2-15(19)12-14(17)13-18/h2-3,12,16H,4-11,19H2,1H3. The zero-order valence-electron chi connectivity index (χ0n) is 13.3. The van der Waals surface area contributed by atoms with Crippen molar-refractivity contribution in [3.8, 4) is 6.07 Å². The van der Waals surface area contributed by atoms with Crippen molar-refractivity contribution in [3.05, 3.63) is 23.8 Å². The first-order valence-electron chi connectivity index (χ1n) is 8.14. The average molecular weight is 299 g/mol. The van der Waals surface area contributed by atoms with Gasteiger partial charge in [-0.05, 0) is 38.1 Å². The van der Waals surface area contributed by atoms with Gasteiger partial charge in [-0.25, -0.2) is 0 Å². The van der Waals surface area contributed by atoms with Crippen LogP contribution < -0.4 is 10.6 Å². The molecule has 2 aliphatic rings. The first-order valence-corrected chi connectivity index (χ1v) is 8.14. The fraction of sp³-hybridized carbons (Fsp3) is 0.588. The molecule has 1 aromatic rings. The topological polar surface area (TPSA) is 59.5 Å². The summed E-state index contributed by atoms with van der Waals surface area (Å²) < 4.78 is 0. The van der Waals surface area contributed by atoms with Crippen LogP contribution in [0.5, 0.6) is 0 Å². The summed E-state index contributed by atoms with van der Waals surface area (Å²) in [6, 6.07) is 8.64. The minimum Gasteiger partial charge on any atom is -0.399 e. The third kappa shape index (κ3) is 3.18. The Labute approximate surface area is 132 Å². The Morgan fingerprint density at radius 3 is 2.41 bits per heavy atom. The van der Waals surface area contributed by atoms with Crippen molar-refractivity contribution in [1.82, 2.24) is 9.80 Å². The van der Waals surface area contributed by atoms with E-state index in [-0.39, 0.29) is 0 Å². The van der Waals surface area contributed by atoms with E-state index < -0.39 is 0 Å². The lowest BCUT2D eigenvalue weighted by Crippen LogP contribution is -2.52. The summed E-state index contributed by atoms with van der Waals surface area (Å²) in [4.78, 5) is 7.38. The SMILES string of the molecule is CN1CCN(C2CCN(c3ccc(N)cc3C#N)CC2)CC1. The number of piperazine rings is 1. The lowest BCUT2D eigenvalue weighted by atomic mass is 10.0. The molecule has 0 atom stereocenters. The second-order valence-electron chi connectivity index (χ2n) is 6.45. The third-order valence-electron chi connectivity index (χ3n) is 5.00. The van der Waals surface area contributed by atoms with Crippen LogP contribution in [-0.4, -0.2) is 62.2 Å². The van der Waals surface area contributed by atoms with Crippen LogP contribution >= 0.6 is 0 Å². The number of benzene rings is 1. The molecule has 3 rings (SSSR count). The number of likely N-dealkylation sites (N-methyl/N-ethyl adjacent to an activating group) is 1. The van der Waals surface area contributed by atoms with Gasteiger partial charge in [-0.3, -0.25) is 4.90 Å². The van der Waals surface area contributed by atoms with Crippen molar-refractivity contribution in [2.75, 3.05) is 56.9 Å². The van der Waals surface area contributed by atoms with Gasteiger partial charge >= 0.3 is 0 Å². The van der Waals surface area contributed by atoms with Gasteiger partial charge in [-0.2, -0.15) is 5.26 Å². The number of nitrogens with zero attached hydrogens (tertiary/aromatic N) is 4. The van der Waals surface area contributed by atoms with E-state index in [0.717, 1.165) is 18.8 Å². The van der Waals surface area contributed by atoms with Gasteiger partial charge in [0.15, 0.2) is 0 Å². The van der Waals surface area contributed by atoms with Crippen molar-refractivity contribution < 1.29 is 0 Å². The number of piperidine rings is 1. The van der Waals surface area contributed by atoms with E-state index in [2.05, 4.69) is 27.8 Å². The number of nitriles is 1. The van der Waals surface area contributed by atoms with E-state index in [4.69, 9.17) is 5.73 Å². The summed E-state index contributed by atoms with van der Waals surface area (Å²) in [6.45, 7) is 6.78. The molecule has 2 saturated heterocycles. The van der Waals surface area contributed by atoms with Crippen molar-refractivity contribution in [2.45, 2.75) is 18.9 Å². The summed E-state index contributed by atoms with van der Waals surface area (Å²) in [5.41, 5.74) is 8.17. The van der Waals surface area contributed by atoms with Crippen molar-refractivity contribution >= 4 is 11.4 Å². The Kier molecular flexibility index (Phi) is 4.51. The van der Waals surface area contributed by atoms with Crippen LogP contribution in [0.1, 0.15) is 18.4 Å².